The second-order valence-electron chi connectivity index (χ2n) is 3.49. The molecule has 0 amide bonds. The van der Waals surface area contributed by atoms with Crippen molar-refractivity contribution in [3.8, 4) is 11.3 Å². The van der Waals surface area contributed by atoms with Crippen molar-refractivity contribution in [1.29, 1.82) is 0 Å². The molecule has 0 radical (unpaired) electrons. The van der Waals surface area contributed by atoms with Crippen LogP contribution < -0.4 is 29.6 Å². The summed E-state index contributed by atoms with van der Waals surface area (Å²) < 4.78 is 25.9. The van der Waals surface area contributed by atoms with E-state index in [1.807, 2.05) is 31.2 Å². The van der Waals surface area contributed by atoms with Gasteiger partial charge in [-0.15, -0.1) is 0 Å². The average Bonchev–Trinajstić information content (AvgIpc) is 2.66. The van der Waals surface area contributed by atoms with E-state index in [1.165, 1.54) is 0 Å². The predicted octanol–water partition coefficient (Wildman–Crippen LogP) is -0.967. The Balaban J connectivity index is 0.00000144. The maximum absolute atomic E-state index is 10.5. The van der Waals surface area contributed by atoms with Gasteiger partial charge < -0.3 is 9.08 Å². The summed E-state index contributed by atoms with van der Waals surface area (Å²) in [6.45, 7) is 2.00. The van der Waals surface area contributed by atoms with Crippen molar-refractivity contribution in [1.82, 2.24) is 5.16 Å². The van der Waals surface area contributed by atoms with Crippen molar-refractivity contribution in [2.75, 3.05) is 0 Å². The Bertz CT molecular complexity index is 510. The van der Waals surface area contributed by atoms with Crippen LogP contribution in [0.4, 0.5) is 0 Å². The van der Waals surface area contributed by atoms with Crippen molar-refractivity contribution in [2.45, 2.75) is 12.7 Å². The molecule has 0 fully saturated rings. The fourth-order valence-electron chi connectivity index (χ4n) is 1.36. The molecular formula is C11H10NNaO3S. The minimum Gasteiger partial charge on any atom is -0.772 e. The second-order valence-corrected chi connectivity index (χ2v) is 4.39. The van der Waals surface area contributed by atoms with Gasteiger partial charge in [0.25, 0.3) is 0 Å². The molecule has 2 aromatic rings. The maximum Gasteiger partial charge on any atom is 1.00 e. The number of hydrogen-bond donors (Lipinski definition) is 0. The van der Waals surface area contributed by atoms with Crippen LogP contribution in [0.1, 0.15) is 11.3 Å². The van der Waals surface area contributed by atoms with E-state index in [2.05, 4.69) is 5.16 Å². The largest absolute Gasteiger partial charge is 1.00 e. The van der Waals surface area contributed by atoms with Crippen LogP contribution in [0, 0.1) is 6.92 Å². The molecule has 0 aliphatic heterocycles. The van der Waals surface area contributed by atoms with Crippen LogP contribution in [0.15, 0.2) is 34.9 Å². The molecule has 2 rings (SSSR count). The van der Waals surface area contributed by atoms with Gasteiger partial charge in [0.2, 0.25) is 0 Å². The average molecular weight is 259 g/mol. The van der Waals surface area contributed by atoms with Gasteiger partial charge in [-0.2, -0.15) is 0 Å². The molecule has 0 saturated carbocycles. The smallest absolute Gasteiger partial charge is 0.772 e. The quantitative estimate of drug-likeness (QED) is 0.525. The van der Waals surface area contributed by atoms with E-state index >= 15 is 0 Å². The van der Waals surface area contributed by atoms with Gasteiger partial charge in [-0.3, -0.25) is 4.21 Å². The second kappa shape index (κ2) is 6.47. The Morgan fingerprint density at radius 1 is 1.35 bits per heavy atom. The predicted molar refractivity (Wildman–Crippen MR) is 59.3 cm³/mol. The van der Waals surface area contributed by atoms with Crippen LogP contribution in [0.25, 0.3) is 11.3 Å². The van der Waals surface area contributed by atoms with Crippen LogP contribution in [0.2, 0.25) is 0 Å². The van der Waals surface area contributed by atoms with Crippen LogP contribution in [-0.4, -0.2) is 13.9 Å². The number of nitrogens with zero attached hydrogens (tertiary/aromatic N) is 1. The molecule has 0 spiro atoms. The molecule has 17 heavy (non-hydrogen) atoms. The third-order valence-corrected chi connectivity index (χ3v) is 2.69. The fraction of sp³-hybridized carbons (Fsp3) is 0.182. The van der Waals surface area contributed by atoms with Crippen molar-refractivity contribution < 1.29 is 42.8 Å². The molecule has 0 bridgehead atoms. The molecule has 0 N–H and O–H groups in total. The van der Waals surface area contributed by atoms with Crippen molar-refractivity contribution >= 4 is 11.1 Å². The number of aryl methyl sites for hydroxylation is 1. The molecule has 0 saturated heterocycles. The van der Waals surface area contributed by atoms with Crippen LogP contribution in [0.5, 0.6) is 0 Å². The van der Waals surface area contributed by atoms with Crippen LogP contribution in [0.3, 0.4) is 0 Å². The summed E-state index contributed by atoms with van der Waals surface area (Å²) in [6.07, 6.45) is 0. The molecule has 1 aromatic heterocycles. The Kier molecular flexibility index (Phi) is 5.55. The van der Waals surface area contributed by atoms with Gasteiger partial charge in [-0.25, -0.2) is 0 Å². The Morgan fingerprint density at radius 3 is 2.59 bits per heavy atom. The fourth-order valence-corrected chi connectivity index (χ4v) is 1.73. The minimum absolute atomic E-state index is 0. The summed E-state index contributed by atoms with van der Waals surface area (Å²) >= 11 is -2.15. The zero-order chi connectivity index (χ0) is 11.5. The van der Waals surface area contributed by atoms with E-state index in [-0.39, 0.29) is 35.3 Å². The Hall–Kier alpha value is -0.460. The monoisotopic (exact) mass is 259 g/mol. The zero-order valence-corrected chi connectivity index (χ0v) is 12.5. The van der Waals surface area contributed by atoms with E-state index in [4.69, 9.17) is 4.52 Å². The first-order valence-electron chi connectivity index (χ1n) is 4.73. The van der Waals surface area contributed by atoms with E-state index in [0.29, 0.717) is 11.5 Å². The third-order valence-electron chi connectivity index (χ3n) is 2.17. The summed E-state index contributed by atoms with van der Waals surface area (Å²) in [4.78, 5) is 0. The molecule has 0 aliphatic carbocycles. The van der Waals surface area contributed by atoms with Gasteiger partial charge in [-0.05, 0) is 18.0 Å². The Morgan fingerprint density at radius 2 is 2.00 bits per heavy atom. The number of benzene rings is 1. The molecule has 1 atom stereocenters. The van der Waals surface area contributed by atoms with E-state index in [1.54, 1.807) is 6.07 Å². The van der Waals surface area contributed by atoms with Crippen molar-refractivity contribution in [3.63, 3.8) is 0 Å². The summed E-state index contributed by atoms with van der Waals surface area (Å²) in [5.74, 6) is 0.211. The number of aromatic nitrogens is 1. The van der Waals surface area contributed by atoms with Gasteiger partial charge in [0.1, 0.15) is 11.5 Å². The molecule has 1 aromatic carbocycles. The summed E-state index contributed by atoms with van der Waals surface area (Å²) in [7, 11) is 0. The zero-order valence-electron chi connectivity index (χ0n) is 9.67. The standard InChI is InChI=1S/C11H11NO3S.Na/c1-8-2-4-9(5-3-8)11-6-10(15-12-11)7-16(13)14;/h2-6H,7H2,1H3,(H,13,14);/q;+1/p-1. The SMILES string of the molecule is Cc1ccc(-c2cc(CS(=O)[O-])on2)cc1.[Na+]. The number of hydrogen-bond acceptors (Lipinski definition) is 4. The topological polar surface area (TPSA) is 66.2 Å². The molecule has 1 heterocycles. The summed E-state index contributed by atoms with van der Waals surface area (Å²) in [6, 6.07) is 9.42. The van der Waals surface area contributed by atoms with E-state index < -0.39 is 11.1 Å². The maximum atomic E-state index is 10.5. The third kappa shape index (κ3) is 4.04. The summed E-state index contributed by atoms with van der Waals surface area (Å²) in [5.41, 5.74) is 2.73. The van der Waals surface area contributed by atoms with Crippen LogP contribution >= 0.6 is 0 Å². The summed E-state index contributed by atoms with van der Waals surface area (Å²) in [5, 5.41) is 3.82. The first-order chi connectivity index (χ1) is 7.65. The van der Waals surface area contributed by atoms with Gasteiger partial charge in [0.05, 0.1) is 5.75 Å². The first-order valence-corrected chi connectivity index (χ1v) is 5.98. The van der Waals surface area contributed by atoms with Crippen molar-refractivity contribution in [2.24, 2.45) is 0 Å². The molecule has 6 heteroatoms. The number of rotatable bonds is 3. The molecule has 0 aliphatic rings. The Labute approximate surface area is 124 Å². The van der Waals surface area contributed by atoms with Gasteiger partial charge in [0.15, 0.2) is 0 Å². The van der Waals surface area contributed by atoms with E-state index in [9.17, 15) is 8.76 Å². The minimum atomic E-state index is -2.15. The molecular weight excluding hydrogens is 249 g/mol. The van der Waals surface area contributed by atoms with Crippen LogP contribution in [-0.2, 0) is 16.8 Å². The molecule has 84 valence electrons. The van der Waals surface area contributed by atoms with Crippen molar-refractivity contribution in [3.05, 3.63) is 41.7 Å². The normalized spacial score (nSPS) is 11.9. The first kappa shape index (κ1) is 14.6. The molecule has 1 unspecified atom stereocenters. The van der Waals surface area contributed by atoms with Gasteiger partial charge in [0, 0.05) is 11.6 Å². The molecule has 4 nitrogen and oxygen atoms in total. The van der Waals surface area contributed by atoms with Gasteiger partial charge >= 0.3 is 29.6 Å². The van der Waals surface area contributed by atoms with E-state index in [0.717, 1.165) is 11.1 Å². The van der Waals surface area contributed by atoms with Gasteiger partial charge in [-0.1, -0.05) is 35.0 Å².